The van der Waals surface area contributed by atoms with E-state index in [4.69, 9.17) is 4.74 Å². The SMILES string of the molecule is Cc1cc(C)c(N=Cc2ccc(OCc3ccccc3)cc2)c(=O)[nH]1. The Morgan fingerprint density at radius 3 is 2.44 bits per heavy atom. The lowest BCUT2D eigenvalue weighted by Crippen LogP contribution is -2.08. The molecule has 0 unspecified atom stereocenters. The molecule has 2 aromatic carbocycles. The van der Waals surface area contributed by atoms with Crippen LogP contribution in [-0.4, -0.2) is 11.2 Å². The zero-order chi connectivity index (χ0) is 17.6. The number of hydrogen-bond donors (Lipinski definition) is 1. The van der Waals surface area contributed by atoms with Gasteiger partial charge in [0, 0.05) is 11.9 Å². The minimum Gasteiger partial charge on any atom is -0.489 e. The van der Waals surface area contributed by atoms with Crippen molar-refractivity contribution in [2.75, 3.05) is 0 Å². The maximum atomic E-state index is 12.0. The summed E-state index contributed by atoms with van der Waals surface area (Å²) in [6, 6.07) is 19.6. The highest BCUT2D eigenvalue weighted by Gasteiger charge is 2.02. The third-order valence-electron chi connectivity index (χ3n) is 3.80. The third-order valence-corrected chi connectivity index (χ3v) is 3.80. The Hall–Kier alpha value is -3.14. The second-order valence-corrected chi connectivity index (χ2v) is 5.91. The summed E-state index contributed by atoms with van der Waals surface area (Å²) in [7, 11) is 0. The van der Waals surface area contributed by atoms with Gasteiger partial charge < -0.3 is 9.72 Å². The fourth-order valence-electron chi connectivity index (χ4n) is 2.54. The average Bonchev–Trinajstić information content (AvgIpc) is 2.61. The molecule has 0 aliphatic heterocycles. The molecule has 0 saturated carbocycles. The summed E-state index contributed by atoms with van der Waals surface area (Å²) in [5.41, 5.74) is 4.00. The zero-order valence-electron chi connectivity index (χ0n) is 14.3. The average molecular weight is 332 g/mol. The number of aryl methyl sites for hydroxylation is 2. The molecular formula is C21H20N2O2. The molecular weight excluding hydrogens is 312 g/mol. The van der Waals surface area contributed by atoms with Gasteiger partial charge in [0.2, 0.25) is 0 Å². The molecule has 0 atom stereocenters. The van der Waals surface area contributed by atoms with Gasteiger partial charge in [-0.1, -0.05) is 30.3 Å². The van der Waals surface area contributed by atoms with Gasteiger partial charge in [-0.3, -0.25) is 9.79 Å². The van der Waals surface area contributed by atoms with Crippen LogP contribution in [0.5, 0.6) is 5.75 Å². The van der Waals surface area contributed by atoms with Crippen molar-refractivity contribution < 1.29 is 4.74 Å². The lowest BCUT2D eigenvalue weighted by Gasteiger charge is -2.06. The van der Waals surface area contributed by atoms with E-state index in [-0.39, 0.29) is 5.56 Å². The van der Waals surface area contributed by atoms with Crippen LogP contribution in [0.4, 0.5) is 5.69 Å². The molecule has 0 spiro atoms. The molecule has 0 aliphatic carbocycles. The van der Waals surface area contributed by atoms with Crippen LogP contribution in [0, 0.1) is 13.8 Å². The van der Waals surface area contributed by atoms with Gasteiger partial charge in [-0.05, 0) is 60.9 Å². The molecule has 126 valence electrons. The summed E-state index contributed by atoms with van der Waals surface area (Å²) >= 11 is 0. The highest BCUT2D eigenvalue weighted by Crippen LogP contribution is 2.15. The summed E-state index contributed by atoms with van der Waals surface area (Å²) in [5, 5.41) is 0. The number of benzene rings is 2. The summed E-state index contributed by atoms with van der Waals surface area (Å²) < 4.78 is 5.76. The van der Waals surface area contributed by atoms with Crippen molar-refractivity contribution in [3.05, 3.63) is 93.4 Å². The fraction of sp³-hybridized carbons (Fsp3) is 0.143. The van der Waals surface area contributed by atoms with E-state index >= 15 is 0 Å². The van der Waals surface area contributed by atoms with E-state index in [0.29, 0.717) is 12.3 Å². The highest BCUT2D eigenvalue weighted by atomic mass is 16.5. The molecule has 0 radical (unpaired) electrons. The molecule has 4 heteroatoms. The first-order valence-electron chi connectivity index (χ1n) is 8.13. The van der Waals surface area contributed by atoms with Crippen LogP contribution in [-0.2, 0) is 6.61 Å². The van der Waals surface area contributed by atoms with Crippen molar-refractivity contribution in [1.29, 1.82) is 0 Å². The first kappa shape index (κ1) is 16.7. The molecule has 3 rings (SSSR count). The molecule has 0 aliphatic rings. The minimum absolute atomic E-state index is 0.170. The molecule has 25 heavy (non-hydrogen) atoms. The van der Waals surface area contributed by atoms with Crippen LogP contribution in [0.2, 0.25) is 0 Å². The summed E-state index contributed by atoms with van der Waals surface area (Å²) in [4.78, 5) is 19.1. The van der Waals surface area contributed by atoms with Gasteiger partial charge in [-0.25, -0.2) is 0 Å². The van der Waals surface area contributed by atoms with Gasteiger partial charge in [0.05, 0.1) is 0 Å². The molecule has 0 amide bonds. The van der Waals surface area contributed by atoms with Crippen molar-refractivity contribution in [3.8, 4) is 5.75 Å². The van der Waals surface area contributed by atoms with Crippen molar-refractivity contribution in [2.45, 2.75) is 20.5 Å². The van der Waals surface area contributed by atoms with Crippen LogP contribution in [0.3, 0.4) is 0 Å². The molecule has 3 aromatic rings. The van der Waals surface area contributed by atoms with Crippen LogP contribution in [0.25, 0.3) is 0 Å². The second-order valence-electron chi connectivity index (χ2n) is 5.91. The van der Waals surface area contributed by atoms with Gasteiger partial charge in [0.1, 0.15) is 18.0 Å². The maximum absolute atomic E-state index is 12.0. The van der Waals surface area contributed by atoms with E-state index in [2.05, 4.69) is 9.98 Å². The molecule has 4 nitrogen and oxygen atoms in total. The van der Waals surface area contributed by atoms with E-state index in [1.54, 1.807) is 6.21 Å². The van der Waals surface area contributed by atoms with Crippen molar-refractivity contribution in [1.82, 2.24) is 4.98 Å². The maximum Gasteiger partial charge on any atom is 0.274 e. The van der Waals surface area contributed by atoms with E-state index < -0.39 is 0 Å². The zero-order valence-corrected chi connectivity index (χ0v) is 14.3. The quantitative estimate of drug-likeness (QED) is 0.707. The Kier molecular flexibility index (Phi) is 5.09. The number of nitrogens with one attached hydrogen (secondary N) is 1. The molecule has 0 saturated heterocycles. The lowest BCUT2D eigenvalue weighted by atomic mass is 10.2. The third kappa shape index (κ3) is 4.44. The van der Waals surface area contributed by atoms with E-state index in [9.17, 15) is 4.79 Å². The van der Waals surface area contributed by atoms with E-state index in [0.717, 1.165) is 28.1 Å². The molecule has 1 heterocycles. The monoisotopic (exact) mass is 332 g/mol. The first-order chi connectivity index (χ1) is 12.1. The molecule has 1 N–H and O–H groups in total. The normalized spacial score (nSPS) is 11.0. The van der Waals surface area contributed by atoms with E-state index in [1.165, 1.54) is 0 Å². The predicted molar refractivity (Wildman–Crippen MR) is 101 cm³/mol. The largest absolute Gasteiger partial charge is 0.489 e. The minimum atomic E-state index is -0.170. The number of nitrogens with zero attached hydrogens (tertiary/aromatic N) is 1. The Bertz CT molecular complexity index is 926. The number of rotatable bonds is 5. The molecule has 1 aromatic heterocycles. The van der Waals surface area contributed by atoms with Crippen LogP contribution >= 0.6 is 0 Å². The fourth-order valence-corrected chi connectivity index (χ4v) is 2.54. The number of aromatic nitrogens is 1. The van der Waals surface area contributed by atoms with Gasteiger partial charge >= 0.3 is 0 Å². The van der Waals surface area contributed by atoms with Crippen molar-refractivity contribution in [3.63, 3.8) is 0 Å². The Balaban J connectivity index is 1.68. The van der Waals surface area contributed by atoms with Crippen LogP contribution < -0.4 is 10.3 Å². The van der Waals surface area contributed by atoms with Crippen molar-refractivity contribution in [2.24, 2.45) is 4.99 Å². The van der Waals surface area contributed by atoms with Gasteiger partial charge in [-0.2, -0.15) is 0 Å². The number of ether oxygens (including phenoxy) is 1. The first-order valence-corrected chi connectivity index (χ1v) is 8.13. The number of H-pyrrole nitrogens is 1. The molecule has 0 fully saturated rings. The number of hydrogen-bond acceptors (Lipinski definition) is 3. The summed E-state index contributed by atoms with van der Waals surface area (Å²) in [6.07, 6.45) is 1.69. The van der Waals surface area contributed by atoms with Gasteiger partial charge in [0.15, 0.2) is 0 Å². The van der Waals surface area contributed by atoms with Gasteiger partial charge in [0.25, 0.3) is 5.56 Å². The number of pyridine rings is 1. The highest BCUT2D eigenvalue weighted by molar-refractivity contribution is 5.82. The van der Waals surface area contributed by atoms with Crippen LogP contribution in [0.1, 0.15) is 22.4 Å². The van der Waals surface area contributed by atoms with E-state index in [1.807, 2.05) is 74.5 Å². The smallest absolute Gasteiger partial charge is 0.274 e. The summed E-state index contributed by atoms with van der Waals surface area (Å²) in [5.74, 6) is 0.797. The standard InChI is InChI=1S/C21H20N2O2/c1-15-12-16(2)23-21(24)20(15)22-13-17-8-10-19(11-9-17)25-14-18-6-4-3-5-7-18/h3-13H,14H2,1-2H3,(H,23,24). The van der Waals surface area contributed by atoms with Crippen LogP contribution in [0.15, 0.2) is 70.5 Å². The number of aliphatic imine (C=N–C) groups is 1. The lowest BCUT2D eigenvalue weighted by molar-refractivity contribution is 0.306. The topological polar surface area (TPSA) is 54.4 Å². The van der Waals surface area contributed by atoms with Crippen molar-refractivity contribution >= 4 is 11.9 Å². The molecule has 0 bridgehead atoms. The van der Waals surface area contributed by atoms with Gasteiger partial charge in [-0.15, -0.1) is 0 Å². The Labute approximate surface area is 146 Å². The predicted octanol–water partition coefficient (Wildman–Crippen LogP) is 4.32. The Morgan fingerprint density at radius 1 is 1.04 bits per heavy atom. The Morgan fingerprint density at radius 2 is 1.76 bits per heavy atom. The number of aromatic amines is 1. The summed E-state index contributed by atoms with van der Waals surface area (Å²) in [6.45, 7) is 4.28. The second kappa shape index (κ2) is 7.62.